The summed E-state index contributed by atoms with van der Waals surface area (Å²) in [6, 6.07) is 19.1. The van der Waals surface area contributed by atoms with Gasteiger partial charge in [-0.2, -0.15) is 0 Å². The SMILES string of the molecule is C=C1c2c(c(C)n(-c3ccccc3)c2C)C=N[C@@H]1c1ccc(C)cc1. The molecule has 1 aliphatic heterocycles. The van der Waals surface area contributed by atoms with Crippen molar-refractivity contribution in [3.63, 3.8) is 0 Å². The van der Waals surface area contributed by atoms with E-state index >= 15 is 0 Å². The average molecular weight is 326 g/mol. The van der Waals surface area contributed by atoms with Crippen LogP contribution < -0.4 is 0 Å². The zero-order valence-electron chi connectivity index (χ0n) is 15.0. The lowest BCUT2D eigenvalue weighted by Crippen LogP contribution is -2.07. The summed E-state index contributed by atoms with van der Waals surface area (Å²) < 4.78 is 2.30. The van der Waals surface area contributed by atoms with Crippen molar-refractivity contribution in [1.82, 2.24) is 4.57 Å². The van der Waals surface area contributed by atoms with E-state index in [-0.39, 0.29) is 6.04 Å². The standard InChI is InChI=1S/C23H22N2/c1-15-10-12-19(13-11-15)23-16(2)22-18(4)25(17(3)21(22)14-24-23)20-8-6-5-7-9-20/h5-14,23H,2H2,1,3-4H3/t23-/m0/s1. The molecule has 0 saturated carbocycles. The highest BCUT2D eigenvalue weighted by molar-refractivity contribution is 5.96. The Morgan fingerprint density at radius 1 is 0.880 bits per heavy atom. The van der Waals surface area contributed by atoms with Crippen molar-refractivity contribution in [3.8, 4) is 5.69 Å². The second kappa shape index (κ2) is 5.89. The molecule has 0 bridgehead atoms. The van der Waals surface area contributed by atoms with Crippen LogP contribution in [0.15, 0.2) is 66.2 Å². The fraction of sp³-hybridized carbons (Fsp3) is 0.174. The maximum atomic E-state index is 4.82. The molecule has 1 aliphatic rings. The molecule has 2 aromatic carbocycles. The Kier molecular flexibility index (Phi) is 3.69. The van der Waals surface area contributed by atoms with Crippen LogP contribution in [0, 0.1) is 20.8 Å². The third kappa shape index (κ3) is 2.45. The number of fused-ring (bicyclic) bond motifs is 1. The van der Waals surface area contributed by atoms with Crippen molar-refractivity contribution >= 4 is 11.8 Å². The fourth-order valence-corrected chi connectivity index (χ4v) is 3.80. The highest BCUT2D eigenvalue weighted by Crippen LogP contribution is 2.41. The quantitative estimate of drug-likeness (QED) is 0.584. The first kappa shape index (κ1) is 15.6. The van der Waals surface area contributed by atoms with Crippen molar-refractivity contribution in [3.05, 3.63) is 94.8 Å². The summed E-state index contributed by atoms with van der Waals surface area (Å²) in [5, 5.41) is 0. The van der Waals surface area contributed by atoms with E-state index < -0.39 is 0 Å². The topological polar surface area (TPSA) is 17.3 Å². The second-order valence-electron chi connectivity index (χ2n) is 6.75. The smallest absolute Gasteiger partial charge is 0.100 e. The van der Waals surface area contributed by atoms with Gasteiger partial charge in [0, 0.05) is 34.4 Å². The first-order valence-electron chi connectivity index (χ1n) is 8.64. The lowest BCUT2D eigenvalue weighted by atomic mass is 9.89. The van der Waals surface area contributed by atoms with E-state index in [1.807, 2.05) is 12.3 Å². The molecule has 4 rings (SSSR count). The number of hydrogen-bond acceptors (Lipinski definition) is 1. The van der Waals surface area contributed by atoms with Crippen molar-refractivity contribution in [2.45, 2.75) is 26.8 Å². The van der Waals surface area contributed by atoms with Crippen LogP contribution in [0.1, 0.15) is 39.7 Å². The van der Waals surface area contributed by atoms with Crippen LogP contribution in [0.4, 0.5) is 0 Å². The van der Waals surface area contributed by atoms with E-state index in [0.29, 0.717) is 0 Å². The Hall–Kier alpha value is -2.87. The zero-order valence-corrected chi connectivity index (χ0v) is 15.0. The van der Waals surface area contributed by atoms with Gasteiger partial charge in [-0.25, -0.2) is 0 Å². The lowest BCUT2D eigenvalue weighted by molar-refractivity contribution is 0.926. The molecule has 0 saturated heterocycles. The number of nitrogens with zero attached hydrogens (tertiary/aromatic N) is 2. The van der Waals surface area contributed by atoms with Crippen LogP contribution in [0.5, 0.6) is 0 Å². The summed E-state index contributed by atoms with van der Waals surface area (Å²) in [6.07, 6.45) is 2.02. The third-order valence-corrected chi connectivity index (χ3v) is 5.10. The van der Waals surface area contributed by atoms with Crippen molar-refractivity contribution in [2.75, 3.05) is 0 Å². The molecule has 0 spiro atoms. The number of aliphatic imine (C=N–C) groups is 1. The lowest BCUT2D eigenvalue weighted by Gasteiger charge is -2.21. The number of para-hydroxylation sites is 1. The molecule has 25 heavy (non-hydrogen) atoms. The Bertz CT molecular complexity index is 973. The van der Waals surface area contributed by atoms with Gasteiger partial charge in [0.1, 0.15) is 6.04 Å². The monoisotopic (exact) mass is 326 g/mol. The van der Waals surface area contributed by atoms with E-state index in [1.54, 1.807) is 0 Å². The predicted molar refractivity (Wildman–Crippen MR) is 106 cm³/mol. The van der Waals surface area contributed by atoms with E-state index in [0.717, 1.165) is 5.57 Å². The molecule has 0 fully saturated rings. The highest BCUT2D eigenvalue weighted by Gasteiger charge is 2.27. The first-order chi connectivity index (χ1) is 12.1. The largest absolute Gasteiger partial charge is 0.317 e. The number of aryl methyl sites for hydroxylation is 1. The van der Waals surface area contributed by atoms with Crippen molar-refractivity contribution < 1.29 is 0 Å². The number of aromatic nitrogens is 1. The molecule has 124 valence electrons. The highest BCUT2D eigenvalue weighted by atomic mass is 15.0. The predicted octanol–water partition coefficient (Wildman–Crippen LogP) is 5.59. The molecule has 2 heterocycles. The van der Waals surface area contributed by atoms with Gasteiger partial charge >= 0.3 is 0 Å². The molecule has 0 amide bonds. The van der Waals surface area contributed by atoms with E-state index in [2.05, 4.69) is 80.4 Å². The van der Waals surface area contributed by atoms with Crippen molar-refractivity contribution in [2.24, 2.45) is 4.99 Å². The minimum Gasteiger partial charge on any atom is -0.317 e. The maximum Gasteiger partial charge on any atom is 0.100 e. The molecule has 3 aromatic rings. The normalized spacial score (nSPS) is 16.1. The van der Waals surface area contributed by atoms with E-state index in [4.69, 9.17) is 4.99 Å². The second-order valence-corrected chi connectivity index (χ2v) is 6.75. The molecule has 1 atom stereocenters. The van der Waals surface area contributed by atoms with Gasteiger partial charge in [-0.05, 0) is 44.0 Å². The van der Waals surface area contributed by atoms with Gasteiger partial charge in [0.05, 0.1) is 0 Å². The summed E-state index contributed by atoms with van der Waals surface area (Å²) in [4.78, 5) is 4.82. The number of benzene rings is 2. The molecular formula is C23H22N2. The van der Waals surface area contributed by atoms with Crippen LogP contribution in [0.25, 0.3) is 11.3 Å². The molecule has 2 heteroatoms. The average Bonchev–Trinajstić information content (AvgIpc) is 2.88. The van der Waals surface area contributed by atoms with Gasteiger partial charge in [-0.3, -0.25) is 4.99 Å². The summed E-state index contributed by atoms with van der Waals surface area (Å²) in [6.45, 7) is 10.9. The molecular weight excluding hydrogens is 304 g/mol. The summed E-state index contributed by atoms with van der Waals surface area (Å²) in [7, 11) is 0. The van der Waals surface area contributed by atoms with E-state index in [9.17, 15) is 0 Å². The summed E-state index contributed by atoms with van der Waals surface area (Å²) in [5.41, 5.74) is 9.59. The summed E-state index contributed by atoms with van der Waals surface area (Å²) in [5.74, 6) is 0. The Morgan fingerprint density at radius 2 is 1.56 bits per heavy atom. The first-order valence-corrected chi connectivity index (χ1v) is 8.64. The third-order valence-electron chi connectivity index (χ3n) is 5.10. The molecule has 2 nitrogen and oxygen atoms in total. The Morgan fingerprint density at radius 3 is 2.24 bits per heavy atom. The molecule has 0 aliphatic carbocycles. The number of hydrogen-bond donors (Lipinski definition) is 0. The number of rotatable bonds is 2. The van der Waals surface area contributed by atoms with Crippen LogP contribution >= 0.6 is 0 Å². The molecule has 1 aromatic heterocycles. The minimum atomic E-state index is -0.00202. The molecule has 0 unspecified atom stereocenters. The van der Waals surface area contributed by atoms with Gasteiger partial charge in [0.15, 0.2) is 0 Å². The van der Waals surface area contributed by atoms with Gasteiger partial charge in [0.25, 0.3) is 0 Å². The Balaban J connectivity index is 1.83. The van der Waals surface area contributed by atoms with Crippen LogP contribution in [0.3, 0.4) is 0 Å². The fourth-order valence-electron chi connectivity index (χ4n) is 3.80. The molecule has 0 N–H and O–H groups in total. The maximum absolute atomic E-state index is 4.82. The van der Waals surface area contributed by atoms with Crippen LogP contribution in [0.2, 0.25) is 0 Å². The Labute approximate surface area is 149 Å². The van der Waals surface area contributed by atoms with Gasteiger partial charge in [-0.1, -0.05) is 54.6 Å². The van der Waals surface area contributed by atoms with Crippen LogP contribution in [-0.4, -0.2) is 10.8 Å². The van der Waals surface area contributed by atoms with Gasteiger partial charge in [-0.15, -0.1) is 0 Å². The molecule has 0 radical (unpaired) electrons. The van der Waals surface area contributed by atoms with Crippen molar-refractivity contribution in [1.29, 1.82) is 0 Å². The van der Waals surface area contributed by atoms with Crippen LogP contribution in [-0.2, 0) is 0 Å². The zero-order chi connectivity index (χ0) is 17.6. The van der Waals surface area contributed by atoms with E-state index in [1.165, 1.54) is 39.3 Å². The summed E-state index contributed by atoms with van der Waals surface area (Å²) >= 11 is 0. The van der Waals surface area contributed by atoms with Gasteiger partial charge in [0.2, 0.25) is 0 Å². The minimum absolute atomic E-state index is 0.00202. The van der Waals surface area contributed by atoms with Gasteiger partial charge < -0.3 is 4.57 Å².